The predicted octanol–water partition coefficient (Wildman–Crippen LogP) is 7.67. The smallest absolute Gasteiger partial charge is 0.123 e. The van der Waals surface area contributed by atoms with E-state index in [4.69, 9.17) is 0 Å². The Kier molecular flexibility index (Phi) is 8.44. The van der Waals surface area contributed by atoms with Crippen molar-refractivity contribution in [3.8, 4) is 23.6 Å². The molecule has 0 atom stereocenters. The molecule has 2 aromatic carbocycles. The summed E-state index contributed by atoms with van der Waals surface area (Å²) in [7, 11) is 0. The number of hydrogen-bond donors (Lipinski definition) is 2. The largest absolute Gasteiger partial charge is 0.507 e. The van der Waals surface area contributed by atoms with E-state index in [1.807, 2.05) is 38.1 Å². The molecule has 34 heavy (non-hydrogen) atoms. The van der Waals surface area contributed by atoms with Crippen molar-refractivity contribution in [2.24, 2.45) is 5.92 Å². The highest BCUT2D eigenvalue weighted by Gasteiger charge is 2.35. The topological polar surface area (TPSA) is 88.0 Å². The molecule has 0 fully saturated rings. The SMILES string of the molecule is CCC(C)(C)c1cc(C)cc(C(c2cc(C)cc(C(C)(C)CC)c2O)C(CC#N)CC#N)c1O. The Morgan fingerprint density at radius 1 is 0.735 bits per heavy atom. The molecule has 2 N–H and O–H groups in total. The van der Waals surface area contributed by atoms with E-state index in [1.54, 1.807) is 0 Å². The van der Waals surface area contributed by atoms with E-state index in [0.29, 0.717) is 11.1 Å². The van der Waals surface area contributed by atoms with Gasteiger partial charge in [0.1, 0.15) is 11.5 Å². The Hall–Kier alpha value is -2.98. The first-order chi connectivity index (χ1) is 15.8. The van der Waals surface area contributed by atoms with E-state index >= 15 is 0 Å². The first-order valence-electron chi connectivity index (χ1n) is 12.3. The molecule has 0 radical (unpaired) electrons. The average molecular weight is 461 g/mol. The summed E-state index contributed by atoms with van der Waals surface area (Å²) in [6.07, 6.45) is 1.99. The molecule has 0 spiro atoms. The van der Waals surface area contributed by atoms with Crippen LogP contribution in [0.15, 0.2) is 24.3 Å². The highest BCUT2D eigenvalue weighted by Crippen LogP contribution is 2.49. The molecule has 0 aliphatic heterocycles. The summed E-state index contributed by atoms with van der Waals surface area (Å²) < 4.78 is 0. The Bertz CT molecular complexity index is 1030. The number of nitriles is 2. The Labute approximate surface area is 205 Å². The van der Waals surface area contributed by atoms with Gasteiger partial charge in [0.25, 0.3) is 0 Å². The zero-order valence-electron chi connectivity index (χ0n) is 22.1. The number of hydrogen-bond acceptors (Lipinski definition) is 4. The molecule has 2 rings (SSSR count). The summed E-state index contributed by atoms with van der Waals surface area (Å²) in [5.41, 5.74) is 4.55. The van der Waals surface area contributed by atoms with Crippen molar-refractivity contribution < 1.29 is 10.2 Å². The normalized spacial score (nSPS) is 12.1. The van der Waals surface area contributed by atoms with Gasteiger partial charge in [-0.15, -0.1) is 0 Å². The van der Waals surface area contributed by atoms with Gasteiger partial charge in [0.05, 0.1) is 12.1 Å². The summed E-state index contributed by atoms with van der Waals surface area (Å²) in [4.78, 5) is 0. The number of benzene rings is 2. The molecule has 4 nitrogen and oxygen atoms in total. The summed E-state index contributed by atoms with van der Waals surface area (Å²) in [6.45, 7) is 16.6. The van der Waals surface area contributed by atoms with Crippen LogP contribution in [-0.4, -0.2) is 10.2 Å². The minimum absolute atomic E-state index is 0.151. The van der Waals surface area contributed by atoms with E-state index < -0.39 is 5.92 Å². The standard InChI is InChI=1S/C30H40N2O2/c1-9-29(5,6)24-17-19(3)15-22(27(24)33)26(21(11-13-31)12-14-32)23-16-20(4)18-25(28(23)34)30(7,8)10-2/h15-18,21,26,33-34H,9-12H2,1-8H3. The molecular weight excluding hydrogens is 420 g/mol. The van der Waals surface area contributed by atoms with Crippen molar-refractivity contribution in [1.82, 2.24) is 0 Å². The van der Waals surface area contributed by atoms with E-state index in [0.717, 1.165) is 35.1 Å². The van der Waals surface area contributed by atoms with Gasteiger partial charge < -0.3 is 10.2 Å². The quantitative estimate of drug-likeness (QED) is 0.402. The van der Waals surface area contributed by atoms with E-state index in [2.05, 4.69) is 53.7 Å². The highest BCUT2D eigenvalue weighted by atomic mass is 16.3. The van der Waals surface area contributed by atoms with Gasteiger partial charge in [-0.1, -0.05) is 76.9 Å². The number of nitrogens with zero attached hydrogens (tertiary/aromatic N) is 2. The highest BCUT2D eigenvalue weighted by molar-refractivity contribution is 5.56. The molecule has 0 amide bonds. The lowest BCUT2D eigenvalue weighted by Gasteiger charge is -2.33. The van der Waals surface area contributed by atoms with Crippen molar-refractivity contribution in [3.63, 3.8) is 0 Å². The third kappa shape index (κ3) is 5.39. The van der Waals surface area contributed by atoms with Gasteiger partial charge in [-0.2, -0.15) is 10.5 Å². The van der Waals surface area contributed by atoms with Crippen LogP contribution in [0.25, 0.3) is 0 Å². The van der Waals surface area contributed by atoms with Gasteiger partial charge in [0.15, 0.2) is 0 Å². The lowest BCUT2D eigenvalue weighted by Crippen LogP contribution is -2.21. The maximum absolute atomic E-state index is 11.6. The fourth-order valence-corrected chi connectivity index (χ4v) is 4.72. The van der Waals surface area contributed by atoms with Crippen molar-refractivity contribution in [2.75, 3.05) is 0 Å². The predicted molar refractivity (Wildman–Crippen MR) is 138 cm³/mol. The van der Waals surface area contributed by atoms with Gasteiger partial charge >= 0.3 is 0 Å². The van der Waals surface area contributed by atoms with Gasteiger partial charge in [0, 0.05) is 41.0 Å². The van der Waals surface area contributed by atoms with Crippen LogP contribution < -0.4 is 0 Å². The molecule has 0 aromatic heterocycles. The minimum atomic E-state index is -0.489. The van der Waals surface area contributed by atoms with E-state index in [9.17, 15) is 20.7 Å². The molecule has 0 saturated heterocycles. The number of aromatic hydroxyl groups is 2. The summed E-state index contributed by atoms with van der Waals surface area (Å²) in [5, 5.41) is 42.4. The molecule has 0 heterocycles. The average Bonchev–Trinajstić information content (AvgIpc) is 2.78. The zero-order valence-corrected chi connectivity index (χ0v) is 22.1. The Morgan fingerprint density at radius 3 is 1.38 bits per heavy atom. The number of rotatable bonds is 9. The van der Waals surface area contributed by atoms with Crippen molar-refractivity contribution >= 4 is 0 Å². The van der Waals surface area contributed by atoms with Crippen LogP contribution >= 0.6 is 0 Å². The minimum Gasteiger partial charge on any atom is -0.507 e. The summed E-state index contributed by atoms with van der Waals surface area (Å²) in [5.74, 6) is -0.469. The van der Waals surface area contributed by atoms with E-state index in [1.165, 1.54) is 0 Å². The lowest BCUT2D eigenvalue weighted by molar-refractivity contribution is 0.392. The molecule has 2 aromatic rings. The van der Waals surface area contributed by atoms with Crippen LogP contribution in [-0.2, 0) is 10.8 Å². The molecule has 0 unspecified atom stereocenters. The number of phenolic OH excluding ortho intramolecular Hbond substituents is 2. The van der Waals surface area contributed by atoms with Crippen molar-refractivity contribution in [3.05, 3.63) is 57.6 Å². The molecule has 0 saturated carbocycles. The molecule has 182 valence electrons. The van der Waals surface area contributed by atoms with Crippen LogP contribution in [0.3, 0.4) is 0 Å². The Balaban J connectivity index is 2.98. The van der Waals surface area contributed by atoms with Gasteiger partial charge in [-0.3, -0.25) is 0 Å². The number of phenols is 2. The first kappa shape index (κ1) is 27.3. The second-order valence-corrected chi connectivity index (χ2v) is 10.9. The molecule has 0 aliphatic rings. The van der Waals surface area contributed by atoms with Gasteiger partial charge in [-0.25, -0.2) is 0 Å². The van der Waals surface area contributed by atoms with Crippen LogP contribution in [0.4, 0.5) is 0 Å². The lowest BCUT2D eigenvalue weighted by atomic mass is 9.71. The van der Waals surface area contributed by atoms with Gasteiger partial charge in [0.2, 0.25) is 0 Å². The Morgan fingerprint density at radius 2 is 1.09 bits per heavy atom. The van der Waals surface area contributed by atoms with Crippen LogP contribution in [0.1, 0.15) is 107 Å². The maximum Gasteiger partial charge on any atom is 0.123 e. The van der Waals surface area contributed by atoms with Crippen molar-refractivity contribution in [2.45, 2.75) is 97.8 Å². The number of aryl methyl sites for hydroxylation is 2. The zero-order chi connectivity index (χ0) is 25.8. The second-order valence-electron chi connectivity index (χ2n) is 10.9. The van der Waals surface area contributed by atoms with Crippen LogP contribution in [0.2, 0.25) is 0 Å². The van der Waals surface area contributed by atoms with Crippen molar-refractivity contribution in [1.29, 1.82) is 10.5 Å². The molecule has 0 bridgehead atoms. The van der Waals surface area contributed by atoms with Gasteiger partial charge in [-0.05, 0) is 43.4 Å². The van der Waals surface area contributed by atoms with Crippen LogP contribution in [0.5, 0.6) is 11.5 Å². The summed E-state index contributed by atoms with van der Waals surface area (Å²) >= 11 is 0. The second kappa shape index (κ2) is 10.5. The van der Waals surface area contributed by atoms with Crippen LogP contribution in [0, 0.1) is 42.4 Å². The molecular formula is C30H40N2O2. The fourth-order valence-electron chi connectivity index (χ4n) is 4.72. The summed E-state index contributed by atoms with van der Waals surface area (Å²) in [6, 6.07) is 12.4. The first-order valence-corrected chi connectivity index (χ1v) is 12.3. The fraction of sp³-hybridized carbons (Fsp3) is 0.533. The third-order valence-corrected chi connectivity index (χ3v) is 7.64. The third-order valence-electron chi connectivity index (χ3n) is 7.64. The molecule has 0 aliphatic carbocycles. The maximum atomic E-state index is 11.6. The monoisotopic (exact) mass is 460 g/mol. The van der Waals surface area contributed by atoms with E-state index in [-0.39, 0.29) is 41.1 Å². The molecule has 4 heteroatoms.